The van der Waals surface area contributed by atoms with Gasteiger partial charge in [0.2, 0.25) is 0 Å². The molecule has 0 amide bonds. The van der Waals surface area contributed by atoms with Gasteiger partial charge in [-0.25, -0.2) is 0 Å². The van der Waals surface area contributed by atoms with E-state index >= 15 is 0 Å². The molecule has 4 nitrogen and oxygen atoms in total. The van der Waals surface area contributed by atoms with Gasteiger partial charge < -0.3 is 10.2 Å². The lowest BCUT2D eigenvalue weighted by Gasteiger charge is -2.03. The van der Waals surface area contributed by atoms with Crippen LogP contribution in [0.4, 0.5) is 0 Å². The second-order valence-electron chi connectivity index (χ2n) is 11.5. The van der Waals surface area contributed by atoms with Crippen molar-refractivity contribution in [2.45, 2.75) is 206 Å². The van der Waals surface area contributed by atoms with E-state index in [-0.39, 0.29) is 0 Å². The monoisotopic (exact) mass is 541 g/mol. The van der Waals surface area contributed by atoms with Crippen LogP contribution in [-0.4, -0.2) is 22.2 Å². The van der Waals surface area contributed by atoms with Crippen molar-refractivity contribution in [2.75, 3.05) is 0 Å². The zero-order valence-corrected chi connectivity index (χ0v) is 25.9. The fourth-order valence-electron chi connectivity index (χ4n) is 4.94. The summed E-state index contributed by atoms with van der Waals surface area (Å²) in [4.78, 5) is 20.6. The molecule has 0 aromatic carbocycles. The molecule has 0 heterocycles. The molecule has 2 N–H and O–H groups in total. The minimum atomic E-state index is -0.655. The first-order valence-corrected chi connectivity index (χ1v) is 17.0. The van der Waals surface area contributed by atoms with E-state index in [4.69, 9.17) is 10.2 Å². The van der Waals surface area contributed by atoms with E-state index in [1.807, 2.05) is 0 Å². The Morgan fingerprint density at radius 3 is 0.632 bits per heavy atom. The molecule has 0 saturated heterocycles. The predicted octanol–water partition coefficient (Wildman–Crippen LogP) is 11.9. The number of aliphatic carboxylic acids is 2. The Morgan fingerprint density at radius 1 is 0.316 bits per heavy atom. The van der Waals surface area contributed by atoms with Crippen molar-refractivity contribution in [3.05, 3.63) is 0 Å². The molecule has 0 saturated carbocycles. The van der Waals surface area contributed by atoms with Crippen LogP contribution in [0.25, 0.3) is 0 Å². The summed E-state index contributed by atoms with van der Waals surface area (Å²) in [5.41, 5.74) is 0. The third-order valence-corrected chi connectivity index (χ3v) is 7.49. The van der Waals surface area contributed by atoms with Crippen molar-refractivity contribution in [1.82, 2.24) is 0 Å². The number of carboxylic acid groups (broad SMARTS) is 2. The van der Waals surface area contributed by atoms with Crippen molar-refractivity contribution in [3.63, 3.8) is 0 Å². The fourth-order valence-corrected chi connectivity index (χ4v) is 4.94. The van der Waals surface area contributed by atoms with E-state index < -0.39 is 11.9 Å². The van der Waals surface area contributed by atoms with Crippen LogP contribution < -0.4 is 0 Å². The Kier molecular flexibility index (Phi) is 37.0. The summed E-state index contributed by atoms with van der Waals surface area (Å²) in [6, 6.07) is 0. The number of hydrogen-bond donors (Lipinski definition) is 2. The van der Waals surface area contributed by atoms with Crippen molar-refractivity contribution >= 4 is 11.9 Å². The number of hydrogen-bond acceptors (Lipinski definition) is 2. The fraction of sp³-hybridized carbons (Fsp3) is 0.941. The standard InChI is InChI=1S/C18H36O2.C16H32O2/c1-2-3-4-5-6-7-8-9-10-11-12-13-14-15-16-17-18(19)20;1-2-3-4-5-6-7-8-9-10-11-12-13-14-15-16(17)18/h2-17H2,1H3,(H,19,20);2-15H2,1H3,(H,17,18). The summed E-state index contributed by atoms with van der Waals surface area (Å²) in [5, 5.41) is 17.0. The van der Waals surface area contributed by atoms with E-state index in [9.17, 15) is 9.59 Å². The average Bonchev–Trinajstić information content (AvgIpc) is 2.89. The molecule has 0 atom stereocenters. The van der Waals surface area contributed by atoms with Crippen molar-refractivity contribution in [3.8, 4) is 0 Å². The highest BCUT2D eigenvalue weighted by Gasteiger charge is 1.98. The Bertz CT molecular complexity index is 463. The lowest BCUT2D eigenvalue weighted by atomic mass is 10.0. The molecule has 0 unspecified atom stereocenters. The second kappa shape index (κ2) is 35.9. The van der Waals surface area contributed by atoms with Gasteiger partial charge in [-0.15, -0.1) is 0 Å². The van der Waals surface area contributed by atoms with Crippen LogP contribution in [0.3, 0.4) is 0 Å². The maximum absolute atomic E-state index is 10.3. The van der Waals surface area contributed by atoms with Gasteiger partial charge in [-0.3, -0.25) is 9.59 Å². The van der Waals surface area contributed by atoms with Gasteiger partial charge in [0.05, 0.1) is 0 Å². The zero-order valence-electron chi connectivity index (χ0n) is 25.9. The van der Waals surface area contributed by atoms with Gasteiger partial charge in [-0.1, -0.05) is 181 Å². The average molecular weight is 541 g/mol. The van der Waals surface area contributed by atoms with E-state index in [1.54, 1.807) is 0 Å². The first-order valence-electron chi connectivity index (χ1n) is 17.0. The molecule has 0 bridgehead atoms. The van der Waals surface area contributed by atoms with Crippen molar-refractivity contribution in [2.24, 2.45) is 0 Å². The molecular weight excluding hydrogens is 472 g/mol. The minimum absolute atomic E-state index is 0.345. The van der Waals surface area contributed by atoms with Crippen LogP contribution in [0, 0.1) is 0 Å². The van der Waals surface area contributed by atoms with Crippen LogP contribution in [-0.2, 0) is 9.59 Å². The molecule has 0 aromatic heterocycles. The van der Waals surface area contributed by atoms with Crippen molar-refractivity contribution < 1.29 is 19.8 Å². The molecule has 4 heteroatoms. The Morgan fingerprint density at radius 2 is 0.474 bits per heavy atom. The van der Waals surface area contributed by atoms with E-state index in [0.717, 1.165) is 25.7 Å². The highest BCUT2D eigenvalue weighted by atomic mass is 16.4. The number of rotatable bonds is 30. The summed E-state index contributed by atoms with van der Waals surface area (Å²) in [6.45, 7) is 4.53. The zero-order chi connectivity index (χ0) is 28.4. The molecule has 0 radical (unpaired) electrons. The Balaban J connectivity index is 0. The Hall–Kier alpha value is -1.06. The van der Waals surface area contributed by atoms with Crippen LogP contribution in [0.2, 0.25) is 0 Å². The maximum atomic E-state index is 10.3. The molecular formula is C34H68O4. The first-order chi connectivity index (χ1) is 18.5. The minimum Gasteiger partial charge on any atom is -0.481 e. The van der Waals surface area contributed by atoms with E-state index in [0.29, 0.717) is 12.8 Å². The van der Waals surface area contributed by atoms with Crippen LogP contribution in [0.15, 0.2) is 0 Å². The van der Waals surface area contributed by atoms with Crippen LogP contribution in [0.1, 0.15) is 206 Å². The Labute approximate surface area is 238 Å². The smallest absolute Gasteiger partial charge is 0.303 e. The normalized spacial score (nSPS) is 10.8. The summed E-state index contributed by atoms with van der Waals surface area (Å²) in [7, 11) is 0. The topological polar surface area (TPSA) is 74.6 Å². The molecule has 38 heavy (non-hydrogen) atoms. The number of carbonyl (C=O) groups is 2. The number of carboxylic acids is 2. The summed E-state index contributed by atoms with van der Waals surface area (Å²) < 4.78 is 0. The highest BCUT2D eigenvalue weighted by molar-refractivity contribution is 5.66. The molecule has 0 fully saturated rings. The van der Waals surface area contributed by atoms with Gasteiger partial charge in [0, 0.05) is 12.8 Å². The van der Waals surface area contributed by atoms with Crippen molar-refractivity contribution in [1.29, 1.82) is 0 Å². The lowest BCUT2D eigenvalue weighted by molar-refractivity contribution is -0.138. The SMILES string of the molecule is CCCCCCCCCCCCCCCC(=O)O.CCCCCCCCCCCCCCCCCC(=O)O. The van der Waals surface area contributed by atoms with Gasteiger partial charge in [0.15, 0.2) is 0 Å². The van der Waals surface area contributed by atoms with Gasteiger partial charge in [-0.05, 0) is 12.8 Å². The van der Waals surface area contributed by atoms with Crippen LogP contribution >= 0.6 is 0 Å². The maximum Gasteiger partial charge on any atom is 0.303 e. The second-order valence-corrected chi connectivity index (χ2v) is 11.5. The third kappa shape index (κ3) is 42.0. The molecule has 0 aliphatic carbocycles. The van der Waals surface area contributed by atoms with Crippen LogP contribution in [0.5, 0.6) is 0 Å². The van der Waals surface area contributed by atoms with Gasteiger partial charge >= 0.3 is 11.9 Å². The molecule has 228 valence electrons. The molecule has 0 spiro atoms. The van der Waals surface area contributed by atoms with Gasteiger partial charge in [0.1, 0.15) is 0 Å². The number of unbranched alkanes of at least 4 members (excludes halogenated alkanes) is 26. The third-order valence-electron chi connectivity index (χ3n) is 7.49. The molecule has 0 aliphatic rings. The predicted molar refractivity (Wildman–Crippen MR) is 165 cm³/mol. The lowest BCUT2D eigenvalue weighted by Crippen LogP contribution is -1.93. The largest absolute Gasteiger partial charge is 0.481 e. The van der Waals surface area contributed by atoms with Gasteiger partial charge in [-0.2, -0.15) is 0 Å². The first kappa shape index (κ1) is 39.1. The molecule has 0 rings (SSSR count). The summed E-state index contributed by atoms with van der Waals surface area (Å²) in [5.74, 6) is -1.31. The van der Waals surface area contributed by atoms with E-state index in [2.05, 4.69) is 13.8 Å². The molecule has 0 aliphatic heterocycles. The quantitative estimate of drug-likeness (QED) is 0.0888. The molecule has 0 aromatic rings. The summed E-state index contributed by atoms with van der Waals surface area (Å²) in [6.07, 6.45) is 37.5. The van der Waals surface area contributed by atoms with E-state index in [1.165, 1.54) is 154 Å². The highest BCUT2D eigenvalue weighted by Crippen LogP contribution is 2.14. The van der Waals surface area contributed by atoms with Gasteiger partial charge in [0.25, 0.3) is 0 Å². The summed E-state index contributed by atoms with van der Waals surface area (Å²) >= 11 is 0.